The Balaban J connectivity index is 1.99. The number of benzene rings is 2. The Morgan fingerprint density at radius 2 is 1.76 bits per heavy atom. The van der Waals surface area contributed by atoms with E-state index in [1.807, 2.05) is 30.3 Å². The minimum atomic E-state index is 0.185. The van der Waals surface area contributed by atoms with Crippen LogP contribution >= 0.6 is 11.6 Å². The third-order valence-electron chi connectivity index (χ3n) is 4.98. The summed E-state index contributed by atoms with van der Waals surface area (Å²) in [5.74, 6) is 1.61. The normalized spacial score (nSPS) is 20.4. The quantitative estimate of drug-likeness (QED) is 0.701. The van der Waals surface area contributed by atoms with Gasteiger partial charge >= 0.3 is 0 Å². The van der Waals surface area contributed by atoms with E-state index in [0.717, 1.165) is 29.6 Å². The number of aromatic hydroxyl groups is 1. The maximum Gasteiger partial charge on any atom is 0.165 e. The Labute approximate surface area is 152 Å². The largest absolute Gasteiger partial charge is 0.507 e. The first-order valence-corrected chi connectivity index (χ1v) is 8.96. The third-order valence-corrected chi connectivity index (χ3v) is 5.21. The van der Waals surface area contributed by atoms with Crippen molar-refractivity contribution in [3.8, 4) is 17.1 Å². The first-order valence-electron chi connectivity index (χ1n) is 8.58. The molecule has 25 heavy (non-hydrogen) atoms. The zero-order valence-electron chi connectivity index (χ0n) is 14.3. The first-order chi connectivity index (χ1) is 12.0. The van der Waals surface area contributed by atoms with Crippen LogP contribution in [0.1, 0.15) is 26.7 Å². The van der Waals surface area contributed by atoms with E-state index in [1.165, 1.54) is 0 Å². The lowest BCUT2D eigenvalue weighted by Gasteiger charge is -2.29. The van der Waals surface area contributed by atoms with Crippen LogP contribution in [0.4, 0.5) is 5.82 Å². The Bertz CT molecular complexity index is 933. The maximum absolute atomic E-state index is 10.2. The Morgan fingerprint density at radius 3 is 2.48 bits per heavy atom. The number of hydrogen-bond donors (Lipinski definition) is 1. The second-order valence-electron chi connectivity index (χ2n) is 6.73. The lowest BCUT2D eigenvalue weighted by Crippen LogP contribution is -2.33. The zero-order chi connectivity index (χ0) is 17.6. The standard InChI is InChI=1S/C20H20ClN3O/c1-12-7-8-13(2)24(12)20-16-11-14(21)9-10-17(16)22-19(23-20)15-5-3-4-6-18(15)25/h3-6,9-13,25H,7-8H2,1-2H3. The van der Waals surface area contributed by atoms with E-state index in [4.69, 9.17) is 16.6 Å². The maximum atomic E-state index is 10.2. The predicted molar refractivity (Wildman–Crippen MR) is 102 cm³/mol. The van der Waals surface area contributed by atoms with Gasteiger partial charge in [0.05, 0.1) is 11.1 Å². The fraction of sp³-hybridized carbons (Fsp3) is 0.300. The number of anilines is 1. The van der Waals surface area contributed by atoms with Crippen molar-refractivity contribution in [2.75, 3.05) is 4.90 Å². The van der Waals surface area contributed by atoms with Crippen molar-refractivity contribution >= 4 is 28.3 Å². The summed E-state index contributed by atoms with van der Waals surface area (Å²) in [6.45, 7) is 4.45. The van der Waals surface area contributed by atoms with E-state index in [0.29, 0.717) is 28.5 Å². The van der Waals surface area contributed by atoms with Gasteiger partial charge in [0.1, 0.15) is 11.6 Å². The topological polar surface area (TPSA) is 49.2 Å². The van der Waals surface area contributed by atoms with E-state index in [9.17, 15) is 5.11 Å². The fourth-order valence-corrected chi connectivity index (χ4v) is 3.85. The third kappa shape index (κ3) is 2.81. The van der Waals surface area contributed by atoms with Crippen molar-refractivity contribution < 1.29 is 5.11 Å². The second kappa shape index (κ2) is 6.19. The van der Waals surface area contributed by atoms with Gasteiger partial charge in [0, 0.05) is 22.5 Å². The average Bonchev–Trinajstić information content (AvgIpc) is 2.93. The van der Waals surface area contributed by atoms with Crippen LogP contribution in [0.15, 0.2) is 42.5 Å². The highest BCUT2D eigenvalue weighted by Gasteiger charge is 2.30. The van der Waals surface area contributed by atoms with Gasteiger partial charge in [-0.05, 0) is 57.0 Å². The van der Waals surface area contributed by atoms with Crippen molar-refractivity contribution in [1.29, 1.82) is 0 Å². The number of fused-ring (bicyclic) bond motifs is 1. The molecule has 128 valence electrons. The van der Waals surface area contributed by atoms with Crippen LogP contribution in [0.25, 0.3) is 22.3 Å². The summed E-state index contributed by atoms with van der Waals surface area (Å²) in [6.07, 6.45) is 2.28. The van der Waals surface area contributed by atoms with Crippen LogP contribution in [0, 0.1) is 0 Å². The van der Waals surface area contributed by atoms with Crippen LogP contribution < -0.4 is 4.90 Å². The Morgan fingerprint density at radius 1 is 1.04 bits per heavy atom. The zero-order valence-corrected chi connectivity index (χ0v) is 15.0. The number of rotatable bonds is 2. The molecule has 1 saturated heterocycles. The van der Waals surface area contributed by atoms with Crippen molar-refractivity contribution in [2.45, 2.75) is 38.8 Å². The fourth-order valence-electron chi connectivity index (χ4n) is 3.68. The molecule has 1 N–H and O–H groups in total. The van der Waals surface area contributed by atoms with Crippen molar-refractivity contribution in [2.24, 2.45) is 0 Å². The van der Waals surface area contributed by atoms with E-state index >= 15 is 0 Å². The lowest BCUT2D eigenvalue weighted by molar-refractivity contribution is 0.477. The van der Waals surface area contributed by atoms with Crippen LogP contribution in [0.5, 0.6) is 5.75 Å². The molecule has 5 heteroatoms. The van der Waals surface area contributed by atoms with E-state index in [1.54, 1.807) is 12.1 Å². The minimum Gasteiger partial charge on any atom is -0.507 e. The molecule has 0 spiro atoms. The molecule has 0 aliphatic carbocycles. The smallest absolute Gasteiger partial charge is 0.165 e. The molecule has 4 nitrogen and oxygen atoms in total. The minimum absolute atomic E-state index is 0.185. The van der Waals surface area contributed by atoms with Gasteiger partial charge in [-0.1, -0.05) is 23.7 Å². The number of hydrogen-bond acceptors (Lipinski definition) is 4. The number of phenols is 1. The number of aromatic nitrogens is 2. The second-order valence-corrected chi connectivity index (χ2v) is 7.17. The highest BCUT2D eigenvalue weighted by molar-refractivity contribution is 6.31. The lowest BCUT2D eigenvalue weighted by atomic mass is 10.1. The van der Waals surface area contributed by atoms with Crippen molar-refractivity contribution in [1.82, 2.24) is 9.97 Å². The van der Waals surface area contributed by atoms with Crippen LogP contribution in [0.3, 0.4) is 0 Å². The van der Waals surface area contributed by atoms with E-state index < -0.39 is 0 Å². The van der Waals surface area contributed by atoms with Crippen molar-refractivity contribution in [3.63, 3.8) is 0 Å². The van der Waals surface area contributed by atoms with E-state index in [2.05, 4.69) is 23.7 Å². The van der Waals surface area contributed by atoms with Gasteiger partial charge in [-0.2, -0.15) is 0 Å². The summed E-state index contributed by atoms with van der Waals surface area (Å²) in [5.41, 5.74) is 1.47. The Hall–Kier alpha value is -2.33. The number of para-hydroxylation sites is 1. The molecule has 2 heterocycles. The number of halogens is 1. The van der Waals surface area contributed by atoms with Gasteiger partial charge in [-0.3, -0.25) is 0 Å². The molecule has 2 aromatic carbocycles. The molecule has 1 aliphatic heterocycles. The molecule has 4 rings (SSSR count). The molecule has 2 unspecified atom stereocenters. The number of phenolic OH excluding ortho intramolecular Hbond substituents is 1. The number of nitrogens with zero attached hydrogens (tertiary/aromatic N) is 3. The summed E-state index contributed by atoms with van der Waals surface area (Å²) in [5, 5.41) is 11.9. The summed E-state index contributed by atoms with van der Waals surface area (Å²) in [4.78, 5) is 11.9. The highest BCUT2D eigenvalue weighted by atomic mass is 35.5. The molecule has 1 aromatic heterocycles. The van der Waals surface area contributed by atoms with Gasteiger partial charge in [0.25, 0.3) is 0 Å². The molecule has 1 aliphatic rings. The molecule has 2 atom stereocenters. The molecular formula is C20H20ClN3O. The van der Waals surface area contributed by atoms with Gasteiger partial charge < -0.3 is 10.0 Å². The summed E-state index contributed by atoms with van der Waals surface area (Å²) in [6, 6.07) is 13.7. The van der Waals surface area contributed by atoms with Gasteiger partial charge in [-0.25, -0.2) is 9.97 Å². The molecule has 3 aromatic rings. The SMILES string of the molecule is CC1CCC(C)N1c1nc(-c2ccccc2O)nc2ccc(Cl)cc12. The molecule has 0 bridgehead atoms. The first kappa shape index (κ1) is 16.2. The van der Waals surface area contributed by atoms with Gasteiger partial charge in [0.2, 0.25) is 0 Å². The molecular weight excluding hydrogens is 334 g/mol. The predicted octanol–water partition coefficient (Wildman–Crippen LogP) is 5.03. The summed E-state index contributed by atoms with van der Waals surface area (Å²) < 4.78 is 0. The van der Waals surface area contributed by atoms with Gasteiger partial charge in [-0.15, -0.1) is 0 Å². The van der Waals surface area contributed by atoms with Gasteiger partial charge in [0.15, 0.2) is 5.82 Å². The van der Waals surface area contributed by atoms with Crippen LogP contribution in [0.2, 0.25) is 5.02 Å². The van der Waals surface area contributed by atoms with Crippen molar-refractivity contribution in [3.05, 3.63) is 47.5 Å². The summed E-state index contributed by atoms with van der Waals surface area (Å²) >= 11 is 6.24. The monoisotopic (exact) mass is 353 g/mol. The van der Waals surface area contributed by atoms with Crippen LogP contribution in [-0.2, 0) is 0 Å². The van der Waals surface area contributed by atoms with E-state index in [-0.39, 0.29) is 5.75 Å². The molecule has 0 radical (unpaired) electrons. The molecule has 0 saturated carbocycles. The highest BCUT2D eigenvalue weighted by Crippen LogP contribution is 2.37. The summed E-state index contributed by atoms with van der Waals surface area (Å²) in [7, 11) is 0. The average molecular weight is 354 g/mol. The molecule has 1 fully saturated rings. The Kier molecular flexibility index (Phi) is 4.00. The molecule has 0 amide bonds. The van der Waals surface area contributed by atoms with Crippen LogP contribution in [-0.4, -0.2) is 27.2 Å².